The summed E-state index contributed by atoms with van der Waals surface area (Å²) in [6, 6.07) is 3.66. The average Bonchev–Trinajstić information content (AvgIpc) is 3.20. The normalized spacial score (nSPS) is 22.2. The molecule has 2 aromatic rings. The number of carbonyl (C=O) groups excluding carboxylic acids is 2. The molecule has 2 aromatic heterocycles. The summed E-state index contributed by atoms with van der Waals surface area (Å²) in [5, 5.41) is 2.90. The molecule has 1 unspecified atom stereocenters. The molecule has 1 aliphatic heterocycles. The van der Waals surface area contributed by atoms with Crippen molar-refractivity contribution >= 4 is 22.8 Å². The number of carbonyl (C=O) groups is 2. The number of likely N-dealkylation sites (tertiary alicyclic amines) is 1. The fourth-order valence-electron chi connectivity index (χ4n) is 3.95. The van der Waals surface area contributed by atoms with Crippen LogP contribution in [0.3, 0.4) is 0 Å². The molecule has 126 valence electrons. The fourth-order valence-corrected chi connectivity index (χ4v) is 3.95. The van der Waals surface area contributed by atoms with Gasteiger partial charge in [0.25, 0.3) is 5.91 Å². The number of aromatic amines is 1. The van der Waals surface area contributed by atoms with Crippen molar-refractivity contribution in [2.45, 2.75) is 50.6 Å². The Hall–Kier alpha value is -2.37. The number of amides is 2. The van der Waals surface area contributed by atoms with Crippen molar-refractivity contribution in [2.24, 2.45) is 0 Å². The van der Waals surface area contributed by atoms with E-state index < -0.39 is 6.04 Å². The highest BCUT2D eigenvalue weighted by atomic mass is 16.2. The quantitative estimate of drug-likeness (QED) is 0.908. The molecule has 6 nitrogen and oxygen atoms in total. The van der Waals surface area contributed by atoms with E-state index in [0.29, 0.717) is 23.5 Å². The number of hydrogen-bond acceptors (Lipinski definition) is 3. The SMILES string of the molecule is O=C(NC1CCN(C2CCCCC2)C1=O)c1c[nH]c2cccnc12. The summed E-state index contributed by atoms with van der Waals surface area (Å²) in [6.07, 6.45) is 9.88. The Morgan fingerprint density at radius 1 is 1.25 bits per heavy atom. The van der Waals surface area contributed by atoms with Crippen molar-refractivity contribution in [3.05, 3.63) is 30.1 Å². The number of aromatic nitrogens is 2. The van der Waals surface area contributed by atoms with Crippen molar-refractivity contribution in [3.63, 3.8) is 0 Å². The first-order valence-corrected chi connectivity index (χ1v) is 8.77. The lowest BCUT2D eigenvalue weighted by molar-refractivity contribution is -0.131. The van der Waals surface area contributed by atoms with Crippen LogP contribution in [0.5, 0.6) is 0 Å². The lowest BCUT2D eigenvalue weighted by Crippen LogP contribution is -2.45. The van der Waals surface area contributed by atoms with Gasteiger partial charge in [-0.2, -0.15) is 0 Å². The van der Waals surface area contributed by atoms with Crippen LogP contribution in [0, 0.1) is 0 Å². The van der Waals surface area contributed by atoms with Crippen LogP contribution in [0.2, 0.25) is 0 Å². The Balaban J connectivity index is 1.45. The summed E-state index contributed by atoms with van der Waals surface area (Å²) < 4.78 is 0. The third-order valence-electron chi connectivity index (χ3n) is 5.24. The van der Waals surface area contributed by atoms with Crippen LogP contribution in [0.15, 0.2) is 24.5 Å². The Morgan fingerprint density at radius 2 is 2.08 bits per heavy atom. The van der Waals surface area contributed by atoms with Gasteiger partial charge in [-0.3, -0.25) is 14.6 Å². The second-order valence-corrected chi connectivity index (χ2v) is 6.74. The smallest absolute Gasteiger partial charge is 0.255 e. The third kappa shape index (κ3) is 2.66. The van der Waals surface area contributed by atoms with E-state index in [1.165, 1.54) is 19.3 Å². The maximum atomic E-state index is 12.7. The molecule has 1 atom stereocenters. The molecule has 0 spiro atoms. The van der Waals surface area contributed by atoms with Gasteiger partial charge in [-0.15, -0.1) is 0 Å². The van der Waals surface area contributed by atoms with Gasteiger partial charge in [0.05, 0.1) is 11.1 Å². The highest BCUT2D eigenvalue weighted by molar-refractivity contribution is 6.06. The highest BCUT2D eigenvalue weighted by Gasteiger charge is 2.37. The largest absolute Gasteiger partial charge is 0.359 e. The number of rotatable bonds is 3. The van der Waals surface area contributed by atoms with Gasteiger partial charge < -0.3 is 15.2 Å². The van der Waals surface area contributed by atoms with Crippen molar-refractivity contribution in [1.82, 2.24) is 20.2 Å². The third-order valence-corrected chi connectivity index (χ3v) is 5.24. The van der Waals surface area contributed by atoms with E-state index >= 15 is 0 Å². The minimum Gasteiger partial charge on any atom is -0.359 e. The van der Waals surface area contributed by atoms with Crippen LogP contribution in [-0.4, -0.2) is 45.3 Å². The van der Waals surface area contributed by atoms with Crippen molar-refractivity contribution in [2.75, 3.05) is 6.54 Å². The molecule has 0 aromatic carbocycles. The van der Waals surface area contributed by atoms with E-state index in [2.05, 4.69) is 15.3 Å². The molecule has 1 saturated carbocycles. The van der Waals surface area contributed by atoms with Crippen LogP contribution in [-0.2, 0) is 4.79 Å². The first kappa shape index (κ1) is 15.2. The van der Waals surface area contributed by atoms with Crippen LogP contribution in [0.1, 0.15) is 48.9 Å². The lowest BCUT2D eigenvalue weighted by atomic mass is 9.94. The van der Waals surface area contributed by atoms with Crippen molar-refractivity contribution in [1.29, 1.82) is 0 Å². The summed E-state index contributed by atoms with van der Waals surface area (Å²) in [5.74, 6) is -0.160. The van der Waals surface area contributed by atoms with Gasteiger partial charge in [0.1, 0.15) is 11.6 Å². The van der Waals surface area contributed by atoms with Gasteiger partial charge >= 0.3 is 0 Å². The zero-order chi connectivity index (χ0) is 16.5. The summed E-state index contributed by atoms with van der Waals surface area (Å²) in [7, 11) is 0. The van der Waals surface area contributed by atoms with E-state index in [4.69, 9.17) is 0 Å². The molecule has 0 radical (unpaired) electrons. The molecule has 2 fully saturated rings. The molecule has 6 heteroatoms. The van der Waals surface area contributed by atoms with Gasteiger partial charge in [-0.05, 0) is 31.4 Å². The van der Waals surface area contributed by atoms with Crippen molar-refractivity contribution < 1.29 is 9.59 Å². The second kappa shape index (κ2) is 6.26. The number of pyridine rings is 1. The highest BCUT2D eigenvalue weighted by Crippen LogP contribution is 2.26. The molecular weight excluding hydrogens is 304 g/mol. The predicted octanol–water partition coefficient (Wildman–Crippen LogP) is 2.23. The zero-order valence-corrected chi connectivity index (χ0v) is 13.6. The van der Waals surface area contributed by atoms with Crippen LogP contribution in [0.4, 0.5) is 0 Å². The maximum absolute atomic E-state index is 12.7. The van der Waals surface area contributed by atoms with E-state index in [-0.39, 0.29) is 11.8 Å². The number of hydrogen-bond donors (Lipinski definition) is 2. The number of nitrogens with zero attached hydrogens (tertiary/aromatic N) is 2. The van der Waals surface area contributed by atoms with E-state index in [0.717, 1.165) is 24.9 Å². The summed E-state index contributed by atoms with van der Waals surface area (Å²) in [6.45, 7) is 0.751. The molecule has 24 heavy (non-hydrogen) atoms. The maximum Gasteiger partial charge on any atom is 0.255 e. The first-order chi connectivity index (χ1) is 11.7. The topological polar surface area (TPSA) is 78.1 Å². The summed E-state index contributed by atoms with van der Waals surface area (Å²) in [4.78, 5) is 34.5. The van der Waals surface area contributed by atoms with Crippen LogP contribution >= 0.6 is 0 Å². The number of nitrogens with one attached hydrogen (secondary N) is 2. The molecule has 2 amide bonds. The number of fused-ring (bicyclic) bond motifs is 1. The Kier molecular flexibility index (Phi) is 3.96. The van der Waals surface area contributed by atoms with Gasteiger partial charge in [-0.25, -0.2) is 0 Å². The Bertz CT molecular complexity index is 763. The second-order valence-electron chi connectivity index (χ2n) is 6.74. The molecular formula is C18H22N4O2. The molecule has 4 rings (SSSR count). The monoisotopic (exact) mass is 326 g/mol. The Morgan fingerprint density at radius 3 is 2.92 bits per heavy atom. The van der Waals surface area contributed by atoms with Gasteiger partial charge in [0, 0.05) is 25.0 Å². The molecule has 2 N–H and O–H groups in total. The first-order valence-electron chi connectivity index (χ1n) is 8.77. The molecule has 0 bridgehead atoms. The predicted molar refractivity (Wildman–Crippen MR) is 90.6 cm³/mol. The van der Waals surface area contributed by atoms with E-state index in [1.807, 2.05) is 17.0 Å². The Labute approximate surface area is 140 Å². The van der Waals surface area contributed by atoms with E-state index in [1.54, 1.807) is 12.4 Å². The molecule has 1 saturated heterocycles. The van der Waals surface area contributed by atoms with Gasteiger partial charge in [0.15, 0.2) is 0 Å². The molecule has 2 aliphatic rings. The molecule has 1 aliphatic carbocycles. The minimum absolute atomic E-state index is 0.0723. The number of H-pyrrole nitrogens is 1. The lowest BCUT2D eigenvalue weighted by Gasteiger charge is -2.31. The summed E-state index contributed by atoms with van der Waals surface area (Å²) >= 11 is 0. The van der Waals surface area contributed by atoms with Crippen LogP contribution < -0.4 is 5.32 Å². The standard InChI is InChI=1S/C18H22N4O2/c23-17(13-11-20-14-7-4-9-19-16(13)14)21-15-8-10-22(18(15)24)12-5-2-1-3-6-12/h4,7,9,11-12,15,20H,1-3,5-6,8,10H2,(H,21,23). The van der Waals surface area contributed by atoms with Gasteiger partial charge in [0.2, 0.25) is 5.91 Å². The fraction of sp³-hybridized carbons (Fsp3) is 0.500. The molecule has 3 heterocycles. The van der Waals surface area contributed by atoms with Gasteiger partial charge in [-0.1, -0.05) is 19.3 Å². The van der Waals surface area contributed by atoms with E-state index in [9.17, 15) is 9.59 Å². The zero-order valence-electron chi connectivity index (χ0n) is 13.6. The van der Waals surface area contributed by atoms with Crippen molar-refractivity contribution in [3.8, 4) is 0 Å². The summed E-state index contributed by atoms with van der Waals surface area (Å²) in [5.41, 5.74) is 1.96. The average molecular weight is 326 g/mol. The van der Waals surface area contributed by atoms with Crippen LogP contribution in [0.25, 0.3) is 11.0 Å². The minimum atomic E-state index is -0.409.